The lowest BCUT2D eigenvalue weighted by Crippen LogP contribution is -2.46. The van der Waals surface area contributed by atoms with Gasteiger partial charge >= 0.3 is 6.09 Å². The van der Waals surface area contributed by atoms with Crippen LogP contribution in [-0.4, -0.2) is 27.5 Å². The van der Waals surface area contributed by atoms with Crippen LogP contribution in [-0.2, 0) is 0 Å². The first-order valence-corrected chi connectivity index (χ1v) is 5.24. The number of nitrogens with zero attached hydrogens (tertiary/aromatic N) is 2. The zero-order chi connectivity index (χ0) is 13.2. The quantitative estimate of drug-likeness (QED) is 0.801. The number of aromatic nitrogens is 1. The molecule has 1 amide bonds. The van der Waals surface area contributed by atoms with Crippen LogP contribution in [0.5, 0.6) is 0 Å². The standard InChI is InChI=1S/C12H16N2O3/c1-8(15)9-6-5-7-13-10(9)14(11(16)17)12(2,3)4/h5-7H,1-4H3,(H,16,17). The van der Waals surface area contributed by atoms with E-state index in [1.54, 1.807) is 32.9 Å². The number of anilines is 1. The molecule has 5 nitrogen and oxygen atoms in total. The predicted molar refractivity (Wildman–Crippen MR) is 64.5 cm³/mol. The summed E-state index contributed by atoms with van der Waals surface area (Å²) in [6, 6.07) is 3.19. The molecule has 0 spiro atoms. The first-order valence-electron chi connectivity index (χ1n) is 5.24. The summed E-state index contributed by atoms with van der Waals surface area (Å²) in [5, 5.41) is 9.24. The number of hydrogen-bond donors (Lipinski definition) is 1. The Balaban J connectivity index is 3.39. The normalized spacial score (nSPS) is 11.1. The first-order chi connectivity index (χ1) is 7.75. The molecular weight excluding hydrogens is 220 g/mol. The number of rotatable bonds is 2. The van der Waals surface area contributed by atoms with Crippen molar-refractivity contribution in [2.45, 2.75) is 33.2 Å². The van der Waals surface area contributed by atoms with E-state index in [-0.39, 0.29) is 11.6 Å². The molecule has 0 bridgehead atoms. The Labute approximate surface area is 100 Å². The topological polar surface area (TPSA) is 70.5 Å². The molecule has 5 heteroatoms. The average Bonchev–Trinajstić information content (AvgIpc) is 2.15. The van der Waals surface area contributed by atoms with Gasteiger partial charge in [-0.1, -0.05) is 0 Å². The minimum Gasteiger partial charge on any atom is -0.465 e. The highest BCUT2D eigenvalue weighted by Gasteiger charge is 2.31. The second-order valence-electron chi connectivity index (χ2n) is 4.72. The lowest BCUT2D eigenvalue weighted by Gasteiger charge is -2.32. The monoisotopic (exact) mass is 236 g/mol. The smallest absolute Gasteiger partial charge is 0.413 e. The van der Waals surface area contributed by atoms with Crippen molar-refractivity contribution in [2.75, 3.05) is 4.90 Å². The van der Waals surface area contributed by atoms with Crippen LogP contribution in [0.25, 0.3) is 0 Å². The minimum atomic E-state index is -1.13. The number of carboxylic acid groups (broad SMARTS) is 1. The lowest BCUT2D eigenvalue weighted by atomic mass is 10.0. The summed E-state index contributed by atoms with van der Waals surface area (Å²) in [6.45, 7) is 6.64. The van der Waals surface area contributed by atoms with Crippen LogP contribution in [0.3, 0.4) is 0 Å². The number of pyridine rings is 1. The van der Waals surface area contributed by atoms with Crippen molar-refractivity contribution in [3.8, 4) is 0 Å². The van der Waals surface area contributed by atoms with Gasteiger partial charge in [0.1, 0.15) is 5.82 Å². The molecule has 0 saturated heterocycles. The van der Waals surface area contributed by atoms with Crippen LogP contribution >= 0.6 is 0 Å². The van der Waals surface area contributed by atoms with Gasteiger partial charge in [-0.15, -0.1) is 0 Å². The second kappa shape index (κ2) is 4.53. The van der Waals surface area contributed by atoms with Crippen molar-refractivity contribution >= 4 is 17.7 Å². The molecule has 0 aromatic carbocycles. The number of Topliss-reactive ketones (excluding diaryl/α,β-unsaturated/α-hetero) is 1. The summed E-state index contributed by atoms with van der Waals surface area (Å²) >= 11 is 0. The molecule has 1 N–H and O–H groups in total. The van der Waals surface area contributed by atoms with Gasteiger partial charge in [-0.25, -0.2) is 9.78 Å². The summed E-state index contributed by atoms with van der Waals surface area (Å²) in [6.07, 6.45) is 0.349. The molecule has 0 fully saturated rings. The molecule has 0 radical (unpaired) electrons. The number of carbonyl (C=O) groups is 2. The third kappa shape index (κ3) is 2.81. The van der Waals surface area contributed by atoms with Crippen LogP contribution in [0.2, 0.25) is 0 Å². The van der Waals surface area contributed by atoms with Gasteiger partial charge in [0.05, 0.1) is 5.56 Å². The molecule has 0 saturated carbocycles. The fourth-order valence-electron chi connectivity index (χ4n) is 1.55. The van der Waals surface area contributed by atoms with Gasteiger partial charge < -0.3 is 5.11 Å². The van der Waals surface area contributed by atoms with Gasteiger partial charge in [-0.3, -0.25) is 9.69 Å². The van der Waals surface area contributed by atoms with Crippen LogP contribution in [0, 0.1) is 0 Å². The van der Waals surface area contributed by atoms with E-state index < -0.39 is 11.6 Å². The van der Waals surface area contributed by atoms with E-state index in [2.05, 4.69) is 4.98 Å². The largest absolute Gasteiger partial charge is 0.465 e. The fourth-order valence-corrected chi connectivity index (χ4v) is 1.55. The Kier molecular flexibility index (Phi) is 3.50. The van der Waals surface area contributed by atoms with E-state index in [1.165, 1.54) is 13.1 Å². The highest BCUT2D eigenvalue weighted by Crippen LogP contribution is 2.25. The fraction of sp³-hybridized carbons (Fsp3) is 0.417. The third-order valence-corrected chi connectivity index (χ3v) is 2.24. The minimum absolute atomic E-state index is 0.181. The molecule has 1 rings (SSSR count). The number of carbonyl (C=O) groups excluding carboxylic acids is 1. The van der Waals surface area contributed by atoms with Crippen molar-refractivity contribution in [3.05, 3.63) is 23.9 Å². The molecule has 0 aliphatic carbocycles. The van der Waals surface area contributed by atoms with E-state index in [9.17, 15) is 14.7 Å². The third-order valence-electron chi connectivity index (χ3n) is 2.24. The van der Waals surface area contributed by atoms with E-state index in [0.717, 1.165) is 4.90 Å². The van der Waals surface area contributed by atoms with E-state index >= 15 is 0 Å². The van der Waals surface area contributed by atoms with Gasteiger partial charge in [0.2, 0.25) is 0 Å². The Bertz CT molecular complexity index is 449. The zero-order valence-corrected chi connectivity index (χ0v) is 10.4. The van der Waals surface area contributed by atoms with E-state index in [4.69, 9.17) is 0 Å². The van der Waals surface area contributed by atoms with Crippen molar-refractivity contribution in [1.29, 1.82) is 0 Å². The predicted octanol–water partition coefficient (Wildman–Crippen LogP) is 2.57. The number of amides is 1. The van der Waals surface area contributed by atoms with Crippen LogP contribution in [0.15, 0.2) is 18.3 Å². The number of hydrogen-bond acceptors (Lipinski definition) is 3. The second-order valence-corrected chi connectivity index (χ2v) is 4.72. The van der Waals surface area contributed by atoms with Crippen LogP contribution < -0.4 is 4.90 Å². The molecule has 17 heavy (non-hydrogen) atoms. The summed E-state index contributed by atoms with van der Waals surface area (Å²) in [5.41, 5.74) is -0.352. The first kappa shape index (κ1) is 13.2. The molecule has 1 heterocycles. The molecule has 92 valence electrons. The van der Waals surface area contributed by atoms with E-state index in [1.807, 2.05) is 0 Å². The van der Waals surface area contributed by atoms with Gasteiger partial charge in [-0.05, 0) is 39.8 Å². The van der Waals surface area contributed by atoms with Gasteiger partial charge in [0.15, 0.2) is 5.78 Å². The Morgan fingerprint density at radius 1 is 1.35 bits per heavy atom. The van der Waals surface area contributed by atoms with Crippen molar-refractivity contribution < 1.29 is 14.7 Å². The molecule has 1 aromatic rings. The maximum absolute atomic E-state index is 11.5. The highest BCUT2D eigenvalue weighted by molar-refractivity contribution is 6.02. The maximum Gasteiger partial charge on any atom is 0.413 e. The summed E-state index contributed by atoms with van der Waals surface area (Å²) < 4.78 is 0. The Hall–Kier alpha value is -1.91. The van der Waals surface area contributed by atoms with Crippen LogP contribution in [0.4, 0.5) is 10.6 Å². The zero-order valence-electron chi connectivity index (χ0n) is 10.4. The van der Waals surface area contributed by atoms with Gasteiger partial charge in [-0.2, -0.15) is 0 Å². The molecular formula is C12H16N2O3. The Morgan fingerprint density at radius 3 is 2.35 bits per heavy atom. The molecule has 0 aliphatic heterocycles. The summed E-state index contributed by atoms with van der Waals surface area (Å²) in [7, 11) is 0. The Morgan fingerprint density at radius 2 is 1.94 bits per heavy atom. The van der Waals surface area contributed by atoms with E-state index in [0.29, 0.717) is 5.56 Å². The van der Waals surface area contributed by atoms with Crippen LogP contribution in [0.1, 0.15) is 38.1 Å². The maximum atomic E-state index is 11.5. The summed E-state index contributed by atoms with van der Waals surface area (Å²) in [4.78, 5) is 27.9. The van der Waals surface area contributed by atoms with Gasteiger partial charge in [0, 0.05) is 11.7 Å². The van der Waals surface area contributed by atoms with Crippen molar-refractivity contribution in [1.82, 2.24) is 4.98 Å². The van der Waals surface area contributed by atoms with Crippen molar-refractivity contribution in [3.63, 3.8) is 0 Å². The van der Waals surface area contributed by atoms with Gasteiger partial charge in [0.25, 0.3) is 0 Å². The number of ketones is 1. The molecule has 0 atom stereocenters. The van der Waals surface area contributed by atoms with Crippen molar-refractivity contribution in [2.24, 2.45) is 0 Å². The molecule has 1 aromatic heterocycles. The lowest BCUT2D eigenvalue weighted by molar-refractivity contribution is 0.101. The molecule has 0 unspecified atom stereocenters. The average molecular weight is 236 g/mol. The summed E-state index contributed by atoms with van der Waals surface area (Å²) in [5.74, 6) is -0.0244. The SMILES string of the molecule is CC(=O)c1cccnc1N(C(=O)O)C(C)(C)C. The highest BCUT2D eigenvalue weighted by atomic mass is 16.4. The molecule has 0 aliphatic rings.